The van der Waals surface area contributed by atoms with Gasteiger partial charge in [0.15, 0.2) is 0 Å². The van der Waals surface area contributed by atoms with Gasteiger partial charge in [-0.2, -0.15) is 13.2 Å². The number of nitrogens with one attached hydrogen (secondary N) is 1. The Morgan fingerprint density at radius 3 is 2.39 bits per heavy atom. The third-order valence-corrected chi connectivity index (χ3v) is 4.24. The number of nitrogens with zero attached hydrogens (tertiary/aromatic N) is 1. The van der Waals surface area contributed by atoms with Crippen molar-refractivity contribution in [2.75, 3.05) is 5.32 Å². The molecule has 3 aromatic rings. The van der Waals surface area contributed by atoms with E-state index in [1.807, 2.05) is 0 Å². The van der Waals surface area contributed by atoms with E-state index in [0.717, 1.165) is 36.5 Å². The van der Waals surface area contributed by atoms with Gasteiger partial charge in [-0.05, 0) is 42.5 Å². The van der Waals surface area contributed by atoms with Crippen molar-refractivity contribution in [2.45, 2.75) is 6.18 Å². The minimum absolute atomic E-state index is 0.0118. The number of carbonyl (C=O) groups excluding carboxylic acids is 2. The average Bonchev–Trinajstić information content (AvgIpc) is 2.69. The van der Waals surface area contributed by atoms with Gasteiger partial charge in [-0.3, -0.25) is 9.59 Å². The normalized spacial score (nSPS) is 11.1. The zero-order chi connectivity index (χ0) is 22.8. The average molecular weight is 454 g/mol. The predicted molar refractivity (Wildman–Crippen MR) is 104 cm³/mol. The first-order chi connectivity index (χ1) is 14.6. The molecule has 160 valence electrons. The van der Waals surface area contributed by atoms with E-state index in [-0.39, 0.29) is 22.2 Å². The molecule has 3 rings (SSSR count). The maximum atomic E-state index is 13.6. The lowest BCUT2D eigenvalue weighted by molar-refractivity contribution is -0.138. The molecule has 0 bridgehead atoms. The van der Waals surface area contributed by atoms with Crippen LogP contribution in [0.5, 0.6) is 11.5 Å². The summed E-state index contributed by atoms with van der Waals surface area (Å²) < 4.78 is 59.3. The van der Waals surface area contributed by atoms with Crippen molar-refractivity contribution in [3.63, 3.8) is 0 Å². The molecule has 0 unspecified atom stereocenters. The largest absolute Gasteiger partial charge is 0.455 e. The number of ether oxygens (including phenoxy) is 1. The minimum atomic E-state index is -4.88. The van der Waals surface area contributed by atoms with Gasteiger partial charge in [0.1, 0.15) is 23.0 Å². The Balaban J connectivity index is 2.01. The van der Waals surface area contributed by atoms with E-state index in [9.17, 15) is 27.2 Å². The molecule has 0 aliphatic heterocycles. The number of pyridine rings is 1. The van der Waals surface area contributed by atoms with Crippen LogP contribution in [0.3, 0.4) is 0 Å². The molecule has 1 aromatic heterocycles. The number of aromatic nitrogens is 1. The summed E-state index contributed by atoms with van der Waals surface area (Å²) in [5.74, 6) is -3.25. The van der Waals surface area contributed by atoms with Crippen LogP contribution in [0.25, 0.3) is 0 Å². The number of anilines is 1. The predicted octanol–water partition coefficient (Wildman–Crippen LogP) is 5.04. The molecular weight excluding hydrogens is 442 g/mol. The summed E-state index contributed by atoms with van der Waals surface area (Å²) in [6.07, 6.45) is -3.82. The fraction of sp³-hybridized carbons (Fsp3) is 0.0500. The zero-order valence-corrected chi connectivity index (χ0v) is 16.1. The van der Waals surface area contributed by atoms with Crippen LogP contribution in [0, 0.1) is 5.82 Å². The highest BCUT2D eigenvalue weighted by atomic mass is 35.5. The van der Waals surface area contributed by atoms with Crippen LogP contribution < -0.4 is 15.8 Å². The zero-order valence-electron chi connectivity index (χ0n) is 15.3. The summed E-state index contributed by atoms with van der Waals surface area (Å²) in [6, 6.07) is 8.38. The number of hydrogen-bond acceptors (Lipinski definition) is 4. The molecule has 2 aromatic carbocycles. The van der Waals surface area contributed by atoms with Gasteiger partial charge in [0.25, 0.3) is 11.8 Å². The standard InChI is InChI=1S/C20H12ClF4N3O3/c21-13-8-10(22)4-7-15(13)31-16-3-1-2-12(20(23,24)25)17(16)19(30)28-11-5-6-14(18(26)29)27-9-11/h1-9H,(H2,26,29)(H,28,30). The van der Waals surface area contributed by atoms with Gasteiger partial charge in [-0.1, -0.05) is 17.7 Å². The molecule has 0 aliphatic carbocycles. The highest BCUT2D eigenvalue weighted by molar-refractivity contribution is 6.32. The SMILES string of the molecule is NC(=O)c1ccc(NC(=O)c2c(Oc3ccc(F)cc3Cl)cccc2C(F)(F)F)cn1. The van der Waals surface area contributed by atoms with Crippen molar-refractivity contribution < 1.29 is 31.9 Å². The Hall–Kier alpha value is -3.66. The van der Waals surface area contributed by atoms with Gasteiger partial charge in [-0.25, -0.2) is 9.37 Å². The highest BCUT2D eigenvalue weighted by Crippen LogP contribution is 2.39. The molecule has 0 fully saturated rings. The van der Waals surface area contributed by atoms with Crippen LogP contribution in [-0.2, 0) is 6.18 Å². The van der Waals surface area contributed by atoms with Gasteiger partial charge in [0, 0.05) is 0 Å². The molecular formula is C20H12ClF4N3O3. The Kier molecular flexibility index (Phi) is 6.11. The minimum Gasteiger partial charge on any atom is -0.455 e. The number of nitrogens with two attached hydrogens (primary N) is 1. The fourth-order valence-corrected chi connectivity index (χ4v) is 2.78. The van der Waals surface area contributed by atoms with Gasteiger partial charge in [0.05, 0.1) is 28.0 Å². The van der Waals surface area contributed by atoms with E-state index in [4.69, 9.17) is 22.1 Å². The smallest absolute Gasteiger partial charge is 0.417 e. The highest BCUT2D eigenvalue weighted by Gasteiger charge is 2.37. The molecule has 3 N–H and O–H groups in total. The van der Waals surface area contributed by atoms with Gasteiger partial charge in [0.2, 0.25) is 0 Å². The summed E-state index contributed by atoms with van der Waals surface area (Å²) in [4.78, 5) is 27.5. The van der Waals surface area contributed by atoms with E-state index < -0.39 is 40.7 Å². The van der Waals surface area contributed by atoms with E-state index in [1.54, 1.807) is 0 Å². The lowest BCUT2D eigenvalue weighted by atomic mass is 10.0. The van der Waals surface area contributed by atoms with Crippen molar-refractivity contribution in [1.82, 2.24) is 4.98 Å². The first-order valence-electron chi connectivity index (χ1n) is 8.46. The molecule has 0 saturated carbocycles. The van der Waals surface area contributed by atoms with Crippen LogP contribution in [0.15, 0.2) is 54.7 Å². The first-order valence-corrected chi connectivity index (χ1v) is 8.84. The molecule has 6 nitrogen and oxygen atoms in total. The number of alkyl halides is 3. The quantitative estimate of drug-likeness (QED) is 0.529. The number of benzene rings is 2. The maximum absolute atomic E-state index is 13.6. The van der Waals surface area contributed by atoms with Gasteiger partial charge >= 0.3 is 6.18 Å². The first kappa shape index (κ1) is 22.0. The third kappa shape index (κ3) is 5.10. The Morgan fingerprint density at radius 1 is 1.06 bits per heavy atom. The lowest BCUT2D eigenvalue weighted by Gasteiger charge is -2.17. The molecule has 0 aliphatic rings. The summed E-state index contributed by atoms with van der Waals surface area (Å²) in [6.45, 7) is 0. The van der Waals surface area contributed by atoms with E-state index in [0.29, 0.717) is 6.07 Å². The van der Waals surface area contributed by atoms with E-state index in [1.165, 1.54) is 12.1 Å². The number of hydrogen-bond donors (Lipinski definition) is 2. The third-order valence-electron chi connectivity index (χ3n) is 3.95. The van der Waals surface area contributed by atoms with Gasteiger partial charge in [-0.15, -0.1) is 0 Å². The van der Waals surface area contributed by atoms with Gasteiger partial charge < -0.3 is 15.8 Å². The Morgan fingerprint density at radius 2 is 1.81 bits per heavy atom. The van der Waals surface area contributed by atoms with Crippen LogP contribution >= 0.6 is 11.6 Å². The van der Waals surface area contributed by atoms with Crippen LogP contribution in [0.2, 0.25) is 5.02 Å². The molecule has 31 heavy (non-hydrogen) atoms. The topological polar surface area (TPSA) is 94.3 Å². The Bertz CT molecular complexity index is 1150. The monoisotopic (exact) mass is 453 g/mol. The molecule has 11 heteroatoms. The second kappa shape index (κ2) is 8.60. The van der Waals surface area contributed by atoms with Crippen molar-refractivity contribution in [3.8, 4) is 11.5 Å². The lowest BCUT2D eigenvalue weighted by Crippen LogP contribution is -2.20. The molecule has 0 spiro atoms. The number of primary amides is 1. The number of amides is 2. The van der Waals surface area contributed by atoms with E-state index in [2.05, 4.69) is 10.3 Å². The molecule has 2 amide bonds. The Labute approximate surface area is 177 Å². The second-order valence-electron chi connectivity index (χ2n) is 6.10. The fourth-order valence-electron chi connectivity index (χ4n) is 2.57. The number of halogens is 5. The molecule has 0 radical (unpaired) electrons. The summed E-state index contributed by atoms with van der Waals surface area (Å²) in [5.41, 5.74) is 2.91. The summed E-state index contributed by atoms with van der Waals surface area (Å²) >= 11 is 5.88. The van der Waals surface area contributed by atoms with Crippen molar-refractivity contribution in [2.24, 2.45) is 5.73 Å². The van der Waals surface area contributed by atoms with Crippen LogP contribution in [-0.4, -0.2) is 16.8 Å². The number of rotatable bonds is 5. The summed E-state index contributed by atoms with van der Waals surface area (Å²) in [5, 5.41) is 2.06. The molecule has 1 heterocycles. The number of carbonyl (C=O) groups is 2. The summed E-state index contributed by atoms with van der Waals surface area (Å²) in [7, 11) is 0. The maximum Gasteiger partial charge on any atom is 0.417 e. The van der Waals surface area contributed by atoms with Crippen molar-refractivity contribution in [3.05, 3.63) is 82.4 Å². The van der Waals surface area contributed by atoms with Crippen LogP contribution in [0.4, 0.5) is 23.2 Å². The molecule has 0 saturated heterocycles. The second-order valence-corrected chi connectivity index (χ2v) is 6.51. The van der Waals surface area contributed by atoms with Crippen LogP contribution in [0.1, 0.15) is 26.4 Å². The molecule has 0 atom stereocenters. The van der Waals surface area contributed by atoms with E-state index >= 15 is 0 Å². The van der Waals surface area contributed by atoms with Crippen molar-refractivity contribution >= 4 is 29.1 Å². The van der Waals surface area contributed by atoms with Crippen molar-refractivity contribution in [1.29, 1.82) is 0 Å².